The lowest BCUT2D eigenvalue weighted by Crippen LogP contribution is -1.87. The van der Waals surface area contributed by atoms with Gasteiger partial charge in [-0.25, -0.2) is 0 Å². The molecule has 0 aliphatic heterocycles. The highest BCUT2D eigenvalue weighted by atomic mass is 16.5. The summed E-state index contributed by atoms with van der Waals surface area (Å²) in [7, 11) is 1.70. The van der Waals surface area contributed by atoms with Crippen molar-refractivity contribution in [1.82, 2.24) is 0 Å². The van der Waals surface area contributed by atoms with Crippen molar-refractivity contribution >= 4 is 6.29 Å². The maximum atomic E-state index is 9.78. The second-order valence-corrected chi connectivity index (χ2v) is 2.83. The summed E-state index contributed by atoms with van der Waals surface area (Å²) in [6.45, 7) is 9.96. The zero-order valence-corrected chi connectivity index (χ0v) is 9.54. The van der Waals surface area contributed by atoms with Crippen LogP contribution in [0.15, 0.2) is 36.0 Å². The number of ether oxygens (including phenoxy) is 1. The maximum Gasteiger partial charge on any atom is 0.145 e. The molecule has 0 rings (SSSR count). The Kier molecular flexibility index (Phi) is 13.0. The fraction of sp³-hybridized carbons (Fsp3) is 0.417. The zero-order valence-electron chi connectivity index (χ0n) is 9.54. The van der Waals surface area contributed by atoms with Gasteiger partial charge in [-0.15, -0.1) is 0 Å². The van der Waals surface area contributed by atoms with Gasteiger partial charge in [0.15, 0.2) is 0 Å². The summed E-state index contributed by atoms with van der Waals surface area (Å²) < 4.78 is 4.83. The van der Waals surface area contributed by atoms with Crippen LogP contribution in [0.4, 0.5) is 0 Å². The molecule has 0 atom stereocenters. The number of methoxy groups -OCH3 is 1. The topological polar surface area (TPSA) is 26.3 Å². The van der Waals surface area contributed by atoms with Crippen molar-refractivity contribution in [2.75, 3.05) is 13.7 Å². The fourth-order valence-corrected chi connectivity index (χ4v) is 0.536. The lowest BCUT2D eigenvalue weighted by atomic mass is 10.3. The molecule has 80 valence electrons. The normalized spacial score (nSPS) is 11.4. The average molecular weight is 196 g/mol. The van der Waals surface area contributed by atoms with Gasteiger partial charge in [0, 0.05) is 7.11 Å². The van der Waals surface area contributed by atoms with Crippen LogP contribution in [-0.4, -0.2) is 20.0 Å². The third-order valence-electron chi connectivity index (χ3n) is 1.43. The average Bonchev–Trinajstić information content (AvgIpc) is 2.19. The van der Waals surface area contributed by atoms with Gasteiger partial charge in [0.25, 0.3) is 0 Å². The molecule has 0 unspecified atom stereocenters. The summed E-state index contributed by atoms with van der Waals surface area (Å²) >= 11 is 0. The third-order valence-corrected chi connectivity index (χ3v) is 1.43. The highest BCUT2D eigenvalue weighted by Crippen LogP contribution is 1.88. The Bertz CT molecular complexity index is 212. The third kappa shape index (κ3) is 13.4. The van der Waals surface area contributed by atoms with Crippen molar-refractivity contribution in [2.24, 2.45) is 0 Å². The predicted octanol–water partition coefficient (Wildman–Crippen LogP) is 2.92. The summed E-state index contributed by atoms with van der Waals surface area (Å²) in [5.41, 5.74) is 1.98. The van der Waals surface area contributed by atoms with Gasteiger partial charge in [0.2, 0.25) is 0 Å². The van der Waals surface area contributed by atoms with E-state index in [0.717, 1.165) is 12.9 Å². The van der Waals surface area contributed by atoms with Gasteiger partial charge in [0.1, 0.15) is 6.29 Å². The Balaban J connectivity index is 0. The maximum absolute atomic E-state index is 9.78. The first kappa shape index (κ1) is 15.3. The fourth-order valence-electron chi connectivity index (χ4n) is 0.536. The number of rotatable bonds is 4. The first-order chi connectivity index (χ1) is 6.62. The molecular formula is C12H20O2. The number of carbonyl (C=O) groups excluding carboxylic acids is 1. The summed E-state index contributed by atoms with van der Waals surface area (Å²) in [5, 5.41) is 0. The van der Waals surface area contributed by atoms with E-state index in [4.69, 9.17) is 4.74 Å². The van der Waals surface area contributed by atoms with Crippen molar-refractivity contribution in [3.8, 4) is 0 Å². The lowest BCUT2D eigenvalue weighted by molar-refractivity contribution is -0.104. The molecule has 0 aromatic rings. The standard InChI is InChI=1S/C6H12O.C6H8O/c1-4-6(2)5-7-3;1-3-4-6(2)5-7/h4H,5H2,1-3H3;3-5H,1H2,2H3/b2*6-4+. The van der Waals surface area contributed by atoms with Gasteiger partial charge in [0.05, 0.1) is 6.61 Å². The molecule has 0 saturated carbocycles. The molecule has 14 heavy (non-hydrogen) atoms. The molecule has 2 nitrogen and oxygen atoms in total. The molecule has 0 aliphatic carbocycles. The van der Waals surface area contributed by atoms with Crippen molar-refractivity contribution in [3.05, 3.63) is 36.0 Å². The van der Waals surface area contributed by atoms with Gasteiger partial charge >= 0.3 is 0 Å². The molecule has 0 heterocycles. The molecule has 0 N–H and O–H groups in total. The zero-order chi connectivity index (χ0) is 11.4. The Labute approximate surface area is 87.0 Å². The number of hydrogen-bond acceptors (Lipinski definition) is 2. The van der Waals surface area contributed by atoms with E-state index in [1.54, 1.807) is 26.2 Å². The highest BCUT2D eigenvalue weighted by molar-refractivity contribution is 5.72. The molecule has 0 bridgehead atoms. The van der Waals surface area contributed by atoms with Crippen molar-refractivity contribution in [2.45, 2.75) is 20.8 Å². The number of allylic oxidation sites excluding steroid dienone is 4. The first-order valence-corrected chi connectivity index (χ1v) is 4.47. The Morgan fingerprint density at radius 1 is 1.43 bits per heavy atom. The van der Waals surface area contributed by atoms with Crippen LogP contribution in [0.25, 0.3) is 0 Å². The molecule has 0 aromatic carbocycles. The number of hydrogen-bond donors (Lipinski definition) is 0. The molecule has 0 amide bonds. The minimum atomic E-state index is 0.704. The quantitative estimate of drug-likeness (QED) is 0.299. The van der Waals surface area contributed by atoms with Crippen LogP contribution in [0, 0.1) is 0 Å². The summed E-state index contributed by atoms with van der Waals surface area (Å²) in [5.74, 6) is 0. The molecule has 0 spiro atoms. The van der Waals surface area contributed by atoms with E-state index in [-0.39, 0.29) is 0 Å². The van der Waals surface area contributed by atoms with E-state index in [1.165, 1.54) is 5.57 Å². The summed E-state index contributed by atoms with van der Waals surface area (Å²) in [6, 6.07) is 0. The van der Waals surface area contributed by atoms with E-state index in [0.29, 0.717) is 5.57 Å². The second kappa shape index (κ2) is 11.8. The Morgan fingerprint density at radius 3 is 2.14 bits per heavy atom. The van der Waals surface area contributed by atoms with Crippen LogP contribution in [0.2, 0.25) is 0 Å². The van der Waals surface area contributed by atoms with Crippen LogP contribution in [-0.2, 0) is 9.53 Å². The Morgan fingerprint density at radius 2 is 2.00 bits per heavy atom. The molecule has 2 heteroatoms. The Hall–Kier alpha value is -1.15. The van der Waals surface area contributed by atoms with Crippen LogP contribution in [0.5, 0.6) is 0 Å². The second-order valence-electron chi connectivity index (χ2n) is 2.83. The van der Waals surface area contributed by atoms with Crippen LogP contribution < -0.4 is 0 Å². The number of aldehydes is 1. The molecular weight excluding hydrogens is 176 g/mol. The minimum Gasteiger partial charge on any atom is -0.380 e. The van der Waals surface area contributed by atoms with Crippen molar-refractivity contribution < 1.29 is 9.53 Å². The molecule has 0 radical (unpaired) electrons. The largest absolute Gasteiger partial charge is 0.380 e. The monoisotopic (exact) mass is 196 g/mol. The van der Waals surface area contributed by atoms with Crippen molar-refractivity contribution in [1.29, 1.82) is 0 Å². The van der Waals surface area contributed by atoms with Crippen LogP contribution in [0.3, 0.4) is 0 Å². The summed E-state index contributed by atoms with van der Waals surface area (Å²) in [6.07, 6.45) is 6.09. The van der Waals surface area contributed by atoms with Gasteiger partial charge in [-0.2, -0.15) is 0 Å². The minimum absolute atomic E-state index is 0.704. The highest BCUT2D eigenvalue weighted by Gasteiger charge is 1.79. The smallest absolute Gasteiger partial charge is 0.145 e. The molecule has 0 aromatic heterocycles. The molecule has 0 fully saturated rings. The van der Waals surface area contributed by atoms with Crippen LogP contribution in [0.1, 0.15) is 20.8 Å². The predicted molar refractivity (Wildman–Crippen MR) is 61.3 cm³/mol. The van der Waals surface area contributed by atoms with Crippen molar-refractivity contribution in [3.63, 3.8) is 0 Å². The SMILES string of the molecule is C/C=C(\C)COC.C=C/C=C(\C)C=O. The van der Waals surface area contributed by atoms with E-state index in [9.17, 15) is 4.79 Å². The van der Waals surface area contributed by atoms with E-state index in [2.05, 4.69) is 6.58 Å². The van der Waals surface area contributed by atoms with E-state index < -0.39 is 0 Å². The van der Waals surface area contributed by atoms with Gasteiger partial charge < -0.3 is 4.74 Å². The lowest BCUT2D eigenvalue weighted by Gasteiger charge is -1.93. The summed E-state index contributed by atoms with van der Waals surface area (Å²) in [4.78, 5) is 9.78. The first-order valence-electron chi connectivity index (χ1n) is 4.47. The van der Waals surface area contributed by atoms with Gasteiger partial charge in [-0.3, -0.25) is 4.79 Å². The van der Waals surface area contributed by atoms with Crippen LogP contribution >= 0.6 is 0 Å². The number of carbonyl (C=O) groups is 1. The molecule has 0 saturated heterocycles. The van der Waals surface area contributed by atoms with Gasteiger partial charge in [-0.05, 0) is 26.3 Å². The molecule has 0 aliphatic rings. The van der Waals surface area contributed by atoms with Gasteiger partial charge in [-0.1, -0.05) is 30.4 Å². The van der Waals surface area contributed by atoms with E-state index >= 15 is 0 Å². The van der Waals surface area contributed by atoms with E-state index in [1.807, 2.05) is 19.9 Å².